The Morgan fingerprint density at radius 2 is 1.61 bits per heavy atom. The summed E-state index contributed by atoms with van der Waals surface area (Å²) < 4.78 is 44.2. The smallest absolute Gasteiger partial charge is 0.262 e. The van der Waals surface area contributed by atoms with Gasteiger partial charge < -0.3 is 10.1 Å². The largest absolute Gasteiger partial charge is 0.484 e. The van der Waals surface area contributed by atoms with Crippen LogP contribution < -0.4 is 14.4 Å². The zero-order valence-electron chi connectivity index (χ0n) is 16.6. The van der Waals surface area contributed by atoms with Gasteiger partial charge in [0, 0.05) is 10.7 Å². The normalized spacial score (nSPS) is 11.1. The van der Waals surface area contributed by atoms with Gasteiger partial charge in [-0.05, 0) is 66.2 Å². The van der Waals surface area contributed by atoms with Crippen molar-refractivity contribution in [1.29, 1.82) is 0 Å². The average Bonchev–Trinajstić information content (AvgIpc) is 2.73. The number of carbonyl (C=O) groups excluding carboxylic acids is 1. The van der Waals surface area contributed by atoms with Crippen LogP contribution in [0.15, 0.2) is 72.8 Å². The molecule has 162 valence electrons. The van der Waals surface area contributed by atoms with Crippen molar-refractivity contribution in [1.82, 2.24) is 0 Å². The Kier molecular flexibility index (Phi) is 7.14. The fraction of sp³-hybridized carbons (Fsp3) is 0.136. The molecule has 0 aromatic heterocycles. The van der Waals surface area contributed by atoms with Crippen LogP contribution in [0.2, 0.25) is 5.02 Å². The van der Waals surface area contributed by atoms with Crippen LogP contribution in [0.3, 0.4) is 0 Å². The Hall–Kier alpha value is -3.10. The van der Waals surface area contributed by atoms with Gasteiger partial charge in [0.2, 0.25) is 10.0 Å². The van der Waals surface area contributed by atoms with E-state index in [1.807, 2.05) is 0 Å². The highest BCUT2D eigenvalue weighted by Gasteiger charge is 2.18. The highest BCUT2D eigenvalue weighted by Crippen LogP contribution is 2.24. The van der Waals surface area contributed by atoms with Gasteiger partial charge in [0.05, 0.1) is 18.5 Å². The van der Waals surface area contributed by atoms with Crippen molar-refractivity contribution < 1.29 is 22.3 Å². The Balaban J connectivity index is 1.63. The summed E-state index contributed by atoms with van der Waals surface area (Å²) in [6.07, 6.45) is 1.13. The van der Waals surface area contributed by atoms with Crippen molar-refractivity contribution in [3.05, 3.63) is 89.2 Å². The molecule has 6 nitrogen and oxygen atoms in total. The zero-order chi connectivity index (χ0) is 22.4. The molecular weight excluding hydrogens is 443 g/mol. The van der Waals surface area contributed by atoms with E-state index in [1.54, 1.807) is 48.5 Å². The first-order valence-electron chi connectivity index (χ1n) is 9.21. The average molecular weight is 463 g/mol. The van der Waals surface area contributed by atoms with Gasteiger partial charge in [-0.2, -0.15) is 0 Å². The predicted octanol–water partition coefficient (Wildman–Crippen LogP) is 4.46. The van der Waals surface area contributed by atoms with Crippen LogP contribution >= 0.6 is 11.6 Å². The van der Waals surface area contributed by atoms with Crippen LogP contribution in [0, 0.1) is 5.82 Å². The molecule has 0 saturated heterocycles. The fourth-order valence-corrected chi connectivity index (χ4v) is 3.76. The molecule has 0 aliphatic rings. The van der Waals surface area contributed by atoms with Gasteiger partial charge in [-0.15, -0.1) is 0 Å². The number of anilines is 2. The summed E-state index contributed by atoms with van der Waals surface area (Å²) in [5, 5.41) is 3.16. The number of benzene rings is 3. The van der Waals surface area contributed by atoms with E-state index in [0.29, 0.717) is 22.1 Å². The molecule has 0 saturated carbocycles. The van der Waals surface area contributed by atoms with Crippen LogP contribution in [-0.2, 0) is 21.4 Å². The SMILES string of the molecule is CS(=O)(=O)N(Cc1ccc(Cl)cc1)c1ccc(OCC(=O)Nc2ccc(F)cc2)cc1. The van der Waals surface area contributed by atoms with Crippen LogP contribution in [0.5, 0.6) is 5.75 Å². The number of nitrogens with one attached hydrogen (secondary N) is 1. The topological polar surface area (TPSA) is 75.7 Å². The third kappa shape index (κ3) is 6.70. The molecule has 0 radical (unpaired) electrons. The molecule has 3 rings (SSSR count). The molecule has 9 heteroatoms. The minimum Gasteiger partial charge on any atom is -0.484 e. The molecule has 0 aliphatic carbocycles. The lowest BCUT2D eigenvalue weighted by Gasteiger charge is -2.23. The summed E-state index contributed by atoms with van der Waals surface area (Å²) in [6, 6.07) is 18.7. The number of hydrogen-bond donors (Lipinski definition) is 1. The second-order valence-electron chi connectivity index (χ2n) is 6.73. The maximum Gasteiger partial charge on any atom is 0.262 e. The van der Waals surface area contributed by atoms with Gasteiger partial charge in [0.25, 0.3) is 5.91 Å². The number of rotatable bonds is 8. The van der Waals surface area contributed by atoms with E-state index in [2.05, 4.69) is 5.32 Å². The molecule has 0 heterocycles. The first-order chi connectivity index (χ1) is 14.7. The van der Waals surface area contributed by atoms with Crippen molar-refractivity contribution in [2.24, 2.45) is 0 Å². The van der Waals surface area contributed by atoms with E-state index in [9.17, 15) is 17.6 Å². The molecule has 31 heavy (non-hydrogen) atoms. The van der Waals surface area contributed by atoms with E-state index in [-0.39, 0.29) is 13.2 Å². The molecule has 1 N–H and O–H groups in total. The lowest BCUT2D eigenvalue weighted by Crippen LogP contribution is -2.29. The number of ether oxygens (including phenoxy) is 1. The first kappa shape index (κ1) is 22.6. The molecule has 0 atom stereocenters. The summed E-state index contributed by atoms with van der Waals surface area (Å²) in [5.74, 6) is -0.400. The van der Waals surface area contributed by atoms with E-state index in [1.165, 1.54) is 28.6 Å². The van der Waals surface area contributed by atoms with Crippen molar-refractivity contribution in [2.75, 3.05) is 22.5 Å². The lowest BCUT2D eigenvalue weighted by atomic mass is 10.2. The van der Waals surface area contributed by atoms with Gasteiger partial charge in [0.15, 0.2) is 6.61 Å². The van der Waals surface area contributed by atoms with Gasteiger partial charge in [-0.25, -0.2) is 12.8 Å². The maximum atomic E-state index is 12.9. The Morgan fingerprint density at radius 1 is 1.00 bits per heavy atom. The van der Waals surface area contributed by atoms with Crippen LogP contribution in [0.4, 0.5) is 15.8 Å². The van der Waals surface area contributed by atoms with Gasteiger partial charge in [0.1, 0.15) is 11.6 Å². The van der Waals surface area contributed by atoms with Crippen molar-refractivity contribution in [3.63, 3.8) is 0 Å². The number of sulfonamides is 1. The van der Waals surface area contributed by atoms with Crippen LogP contribution in [0.1, 0.15) is 5.56 Å². The van der Waals surface area contributed by atoms with E-state index in [4.69, 9.17) is 16.3 Å². The Labute approximate surface area is 185 Å². The van der Waals surface area contributed by atoms with Gasteiger partial charge in [-0.3, -0.25) is 9.10 Å². The summed E-state index contributed by atoms with van der Waals surface area (Å²) in [4.78, 5) is 12.0. The van der Waals surface area contributed by atoms with Gasteiger partial charge in [-0.1, -0.05) is 23.7 Å². The molecule has 1 amide bonds. The molecule has 3 aromatic carbocycles. The van der Waals surface area contributed by atoms with Crippen molar-refractivity contribution in [3.8, 4) is 5.75 Å². The quantitative estimate of drug-likeness (QED) is 0.536. The Bertz CT molecular complexity index is 1140. The molecule has 0 aliphatic heterocycles. The van der Waals surface area contributed by atoms with Crippen molar-refractivity contribution in [2.45, 2.75) is 6.54 Å². The summed E-state index contributed by atoms with van der Waals surface area (Å²) in [7, 11) is -3.53. The minimum atomic E-state index is -3.53. The fourth-order valence-electron chi connectivity index (χ4n) is 2.74. The zero-order valence-corrected chi connectivity index (χ0v) is 18.2. The second kappa shape index (κ2) is 9.80. The second-order valence-corrected chi connectivity index (χ2v) is 9.08. The summed E-state index contributed by atoms with van der Waals surface area (Å²) in [6.45, 7) is -0.104. The maximum absolute atomic E-state index is 12.9. The molecule has 0 unspecified atom stereocenters. The first-order valence-corrected chi connectivity index (χ1v) is 11.4. The predicted molar refractivity (Wildman–Crippen MR) is 119 cm³/mol. The van der Waals surface area contributed by atoms with Crippen LogP contribution in [0.25, 0.3) is 0 Å². The highest BCUT2D eigenvalue weighted by molar-refractivity contribution is 7.92. The summed E-state index contributed by atoms with van der Waals surface area (Å²) >= 11 is 5.89. The third-order valence-corrected chi connectivity index (χ3v) is 5.65. The summed E-state index contributed by atoms with van der Waals surface area (Å²) in [5.41, 5.74) is 1.70. The van der Waals surface area contributed by atoms with E-state index < -0.39 is 21.7 Å². The molecule has 0 bridgehead atoms. The van der Waals surface area contributed by atoms with E-state index in [0.717, 1.165) is 11.8 Å². The molecule has 0 spiro atoms. The number of halogens is 2. The van der Waals surface area contributed by atoms with Gasteiger partial charge >= 0.3 is 0 Å². The number of amides is 1. The Morgan fingerprint density at radius 3 is 2.19 bits per heavy atom. The number of carbonyl (C=O) groups is 1. The van der Waals surface area contributed by atoms with E-state index >= 15 is 0 Å². The monoisotopic (exact) mass is 462 g/mol. The van der Waals surface area contributed by atoms with Crippen molar-refractivity contribution >= 4 is 38.9 Å². The number of hydrogen-bond acceptors (Lipinski definition) is 4. The standard InChI is InChI=1S/C22H20ClFN2O4S/c1-31(28,29)26(14-16-2-4-17(23)5-3-16)20-10-12-21(13-11-20)30-15-22(27)25-19-8-6-18(24)7-9-19/h2-13H,14-15H2,1H3,(H,25,27). The lowest BCUT2D eigenvalue weighted by molar-refractivity contribution is -0.118. The highest BCUT2D eigenvalue weighted by atomic mass is 35.5. The molecule has 3 aromatic rings. The van der Waals surface area contributed by atoms with Crippen LogP contribution in [-0.4, -0.2) is 27.2 Å². The molecular formula is C22H20ClFN2O4S. The third-order valence-electron chi connectivity index (χ3n) is 4.26. The number of nitrogens with zero attached hydrogens (tertiary/aromatic N) is 1. The molecule has 0 fully saturated rings. The minimum absolute atomic E-state index is 0.149.